The van der Waals surface area contributed by atoms with E-state index in [9.17, 15) is 5.26 Å². The Kier molecular flexibility index (Phi) is 13.4. The molecule has 0 amide bonds. The van der Waals surface area contributed by atoms with Crippen LogP contribution >= 0.6 is 58.0 Å². The molecule has 0 saturated heterocycles. The molecule has 3 N–H and O–H groups in total. The quantitative estimate of drug-likeness (QED) is 0.151. The smallest absolute Gasteiger partial charge is 0.151 e. The highest BCUT2D eigenvalue weighted by Gasteiger charge is 2.20. The Balaban J connectivity index is 0.000000176. The van der Waals surface area contributed by atoms with Crippen molar-refractivity contribution in [3.8, 4) is 12.1 Å². The van der Waals surface area contributed by atoms with E-state index in [4.69, 9.17) is 69.0 Å². The number of nitriles is 2. The molecule has 6 nitrogen and oxygen atoms in total. The first-order valence-electron chi connectivity index (χ1n) is 15.6. The van der Waals surface area contributed by atoms with Crippen molar-refractivity contribution in [3.63, 3.8) is 0 Å². The third-order valence-corrected chi connectivity index (χ3v) is 9.88. The number of nitrogens with two attached hydrogens (primary N) is 1. The lowest BCUT2D eigenvalue weighted by atomic mass is 10.1. The zero-order chi connectivity index (χ0) is 34.1. The average molecular weight is 729 g/mol. The fraction of sp³-hybridized carbons (Fsp3) is 0.333. The van der Waals surface area contributed by atoms with Crippen LogP contribution in [0.1, 0.15) is 84.0 Å². The van der Waals surface area contributed by atoms with Gasteiger partial charge in [-0.05, 0) is 96.9 Å². The van der Waals surface area contributed by atoms with Crippen LogP contribution < -0.4 is 11.1 Å². The van der Waals surface area contributed by atoms with Crippen LogP contribution in [0, 0.1) is 22.7 Å². The van der Waals surface area contributed by atoms with Crippen molar-refractivity contribution < 1.29 is 0 Å². The standard InChI is InChI=1S/C18H17Cl2N3.C9H7Cl3N2.C9H11N/c1-2-5-13-14(10-21)17(20)23-18(16(13)19)22-15-9-4-7-11-6-3-8-12(11)15;1-2-3-5-6(4-13)8(11)14-9(12)7(5)10;10-9-6-2-4-7-3-1-5-8(7)9/h4,7,9H,2-3,5-6,8H2,1H3,(H,22,23);2-3H2,1H3;2,4,6H,1,3,5,10H2. The van der Waals surface area contributed by atoms with Crippen molar-refractivity contribution in [3.05, 3.63) is 106 Å². The molecule has 0 atom stereocenters. The number of rotatable bonds is 6. The van der Waals surface area contributed by atoms with Gasteiger partial charge in [-0.15, -0.1) is 0 Å². The van der Waals surface area contributed by atoms with E-state index in [0.29, 0.717) is 45.4 Å². The van der Waals surface area contributed by atoms with Gasteiger partial charge < -0.3 is 11.1 Å². The van der Waals surface area contributed by atoms with Gasteiger partial charge in [0, 0.05) is 11.4 Å². The molecule has 6 rings (SSSR count). The van der Waals surface area contributed by atoms with Gasteiger partial charge in [0.1, 0.15) is 27.6 Å². The molecule has 0 unspecified atom stereocenters. The summed E-state index contributed by atoms with van der Waals surface area (Å²) in [6.45, 7) is 4.03. The molecule has 0 fully saturated rings. The van der Waals surface area contributed by atoms with E-state index in [1.807, 2.05) is 44.2 Å². The second-order valence-electron chi connectivity index (χ2n) is 11.3. The average Bonchev–Trinajstić information content (AvgIpc) is 3.75. The Morgan fingerprint density at radius 2 is 1.23 bits per heavy atom. The lowest BCUT2D eigenvalue weighted by Gasteiger charge is -2.15. The van der Waals surface area contributed by atoms with E-state index < -0.39 is 0 Å². The molecule has 0 saturated carbocycles. The summed E-state index contributed by atoms with van der Waals surface area (Å²) in [6, 6.07) is 16.5. The summed E-state index contributed by atoms with van der Waals surface area (Å²) >= 11 is 30.1. The summed E-state index contributed by atoms with van der Waals surface area (Å²) in [5.41, 5.74) is 15.5. The topological polar surface area (TPSA) is 111 Å². The Labute approximate surface area is 301 Å². The first kappa shape index (κ1) is 36.6. The molecule has 0 aliphatic heterocycles. The molecule has 11 heteroatoms. The van der Waals surface area contributed by atoms with E-state index in [1.54, 1.807) is 0 Å². The van der Waals surface area contributed by atoms with Gasteiger partial charge in [0.2, 0.25) is 0 Å². The number of nitrogen functional groups attached to an aromatic ring is 1. The van der Waals surface area contributed by atoms with Gasteiger partial charge in [-0.3, -0.25) is 0 Å². The number of hydrogen-bond donors (Lipinski definition) is 2. The Bertz CT molecular complexity index is 1840. The van der Waals surface area contributed by atoms with Gasteiger partial charge in [-0.25, -0.2) is 9.97 Å². The SMILES string of the molecule is CCCc1c(Cl)c(Cl)nc(Cl)c1C#N.CCCc1c(Cl)c(Nc2cccc3c2CCC3)nc(Cl)c1C#N.Nc1cccc2c1CCC2. The first-order valence-corrected chi connectivity index (χ1v) is 17.5. The predicted molar refractivity (Wildman–Crippen MR) is 196 cm³/mol. The lowest BCUT2D eigenvalue weighted by Crippen LogP contribution is -2.03. The van der Waals surface area contributed by atoms with Gasteiger partial charge in [-0.1, -0.05) is 109 Å². The molecule has 244 valence electrons. The number of nitrogens with zero attached hydrogens (tertiary/aromatic N) is 4. The number of fused-ring (bicyclic) bond motifs is 2. The van der Waals surface area contributed by atoms with E-state index in [-0.39, 0.29) is 15.5 Å². The number of benzene rings is 2. The van der Waals surface area contributed by atoms with E-state index in [0.717, 1.165) is 42.6 Å². The van der Waals surface area contributed by atoms with Crippen molar-refractivity contribution in [2.75, 3.05) is 11.1 Å². The second kappa shape index (κ2) is 17.3. The molecular weight excluding hydrogens is 694 g/mol. The number of anilines is 3. The monoisotopic (exact) mass is 726 g/mol. The van der Waals surface area contributed by atoms with Crippen molar-refractivity contribution in [1.82, 2.24) is 9.97 Å². The minimum Gasteiger partial charge on any atom is -0.398 e. The van der Waals surface area contributed by atoms with Crippen molar-refractivity contribution in [2.24, 2.45) is 0 Å². The molecule has 2 aromatic heterocycles. The molecule has 2 aliphatic rings. The van der Waals surface area contributed by atoms with Gasteiger partial charge in [-0.2, -0.15) is 10.5 Å². The summed E-state index contributed by atoms with van der Waals surface area (Å²) in [5, 5.41) is 22.8. The fourth-order valence-corrected chi connectivity index (χ4v) is 7.16. The van der Waals surface area contributed by atoms with Crippen molar-refractivity contribution in [2.45, 2.75) is 78.1 Å². The normalized spacial score (nSPS) is 12.4. The Hall–Kier alpha value is -3.23. The molecule has 0 spiro atoms. The maximum absolute atomic E-state index is 9.30. The zero-order valence-corrected chi connectivity index (χ0v) is 30.1. The van der Waals surface area contributed by atoms with Crippen LogP contribution in [0.2, 0.25) is 25.5 Å². The third kappa shape index (κ3) is 8.63. The number of nitrogens with one attached hydrogen (secondary N) is 1. The van der Waals surface area contributed by atoms with Gasteiger partial charge in [0.15, 0.2) is 5.82 Å². The highest BCUT2D eigenvalue weighted by atomic mass is 35.5. The predicted octanol–water partition coefficient (Wildman–Crippen LogP) is 11.1. The van der Waals surface area contributed by atoms with Crippen LogP contribution in [0.15, 0.2) is 36.4 Å². The van der Waals surface area contributed by atoms with Crippen LogP contribution in [0.3, 0.4) is 0 Å². The van der Waals surface area contributed by atoms with Crippen molar-refractivity contribution >= 4 is 75.2 Å². The number of pyridine rings is 2. The minimum atomic E-state index is 0.116. The minimum absolute atomic E-state index is 0.116. The highest BCUT2D eigenvalue weighted by molar-refractivity contribution is 6.42. The molecule has 2 aliphatic carbocycles. The van der Waals surface area contributed by atoms with Crippen LogP contribution in [0.4, 0.5) is 17.2 Å². The Morgan fingerprint density at radius 3 is 1.81 bits per heavy atom. The summed E-state index contributed by atoms with van der Waals surface area (Å²) < 4.78 is 0. The first-order chi connectivity index (χ1) is 22.6. The zero-order valence-electron chi connectivity index (χ0n) is 26.3. The summed E-state index contributed by atoms with van der Waals surface area (Å²) in [5.74, 6) is 0.527. The molecule has 2 aromatic carbocycles. The highest BCUT2D eigenvalue weighted by Crippen LogP contribution is 2.37. The number of aromatic nitrogens is 2. The summed E-state index contributed by atoms with van der Waals surface area (Å²) in [7, 11) is 0. The summed E-state index contributed by atoms with van der Waals surface area (Å²) in [6.07, 6.45) is 10.1. The molecular formula is C36H35Cl5N6. The molecule has 2 heterocycles. The molecule has 0 radical (unpaired) electrons. The molecule has 0 bridgehead atoms. The van der Waals surface area contributed by atoms with Crippen LogP contribution in [0.5, 0.6) is 0 Å². The lowest BCUT2D eigenvalue weighted by molar-refractivity contribution is 0.911. The molecule has 4 aromatic rings. The Morgan fingerprint density at radius 1 is 0.702 bits per heavy atom. The summed E-state index contributed by atoms with van der Waals surface area (Å²) in [4.78, 5) is 8.07. The van der Waals surface area contributed by atoms with Gasteiger partial charge in [0.05, 0.1) is 21.2 Å². The van der Waals surface area contributed by atoms with E-state index in [2.05, 4.69) is 33.5 Å². The number of aryl methyl sites for hydroxylation is 2. The second-order valence-corrected chi connectivity index (χ2v) is 13.1. The van der Waals surface area contributed by atoms with Gasteiger partial charge in [0.25, 0.3) is 0 Å². The maximum Gasteiger partial charge on any atom is 0.151 e. The van der Waals surface area contributed by atoms with Gasteiger partial charge >= 0.3 is 0 Å². The number of hydrogen-bond acceptors (Lipinski definition) is 6. The van der Waals surface area contributed by atoms with Crippen LogP contribution in [0.25, 0.3) is 0 Å². The largest absolute Gasteiger partial charge is 0.398 e. The van der Waals surface area contributed by atoms with E-state index >= 15 is 0 Å². The number of halogens is 5. The maximum atomic E-state index is 9.30. The van der Waals surface area contributed by atoms with Crippen molar-refractivity contribution in [1.29, 1.82) is 10.5 Å². The third-order valence-electron chi connectivity index (χ3n) is 8.15. The van der Waals surface area contributed by atoms with E-state index in [1.165, 1.54) is 47.9 Å². The molecule has 47 heavy (non-hydrogen) atoms. The van der Waals surface area contributed by atoms with Crippen LogP contribution in [-0.4, -0.2) is 9.97 Å². The van der Waals surface area contributed by atoms with Crippen LogP contribution in [-0.2, 0) is 38.5 Å². The fourth-order valence-electron chi connectivity index (χ4n) is 5.92.